The van der Waals surface area contributed by atoms with E-state index in [1.807, 2.05) is 63.2 Å². The standard InChI is InChI=1S/C20H26BrNO3.ClH/c1-4-24-18-11-16(12-22-20(2,3)14-23)10-17(21)19(18)25-13-15-8-6-5-7-9-15;/h5-11,22-23H,4,12-14H2,1-3H3;1H. The van der Waals surface area contributed by atoms with Crippen LogP contribution < -0.4 is 14.8 Å². The van der Waals surface area contributed by atoms with E-state index in [0.717, 1.165) is 15.6 Å². The predicted octanol–water partition coefficient (Wildman–Crippen LogP) is 4.71. The van der Waals surface area contributed by atoms with Gasteiger partial charge in [0.1, 0.15) is 6.61 Å². The van der Waals surface area contributed by atoms with Crippen molar-refractivity contribution >= 4 is 28.3 Å². The van der Waals surface area contributed by atoms with Crippen LogP contribution in [0.2, 0.25) is 0 Å². The largest absolute Gasteiger partial charge is 0.490 e. The van der Waals surface area contributed by atoms with E-state index < -0.39 is 0 Å². The molecule has 0 radical (unpaired) electrons. The van der Waals surface area contributed by atoms with Crippen molar-refractivity contribution in [1.82, 2.24) is 5.32 Å². The maximum absolute atomic E-state index is 9.37. The summed E-state index contributed by atoms with van der Waals surface area (Å²) in [6.07, 6.45) is 0. The van der Waals surface area contributed by atoms with Crippen LogP contribution >= 0.6 is 28.3 Å². The van der Waals surface area contributed by atoms with Crippen molar-refractivity contribution in [3.05, 3.63) is 58.1 Å². The van der Waals surface area contributed by atoms with Crippen LogP contribution in [0, 0.1) is 0 Å². The highest BCUT2D eigenvalue weighted by atomic mass is 79.9. The van der Waals surface area contributed by atoms with E-state index in [1.54, 1.807) is 0 Å². The van der Waals surface area contributed by atoms with Gasteiger partial charge in [0.15, 0.2) is 11.5 Å². The highest BCUT2D eigenvalue weighted by Gasteiger charge is 2.17. The molecule has 0 saturated heterocycles. The third-order valence-corrected chi connectivity index (χ3v) is 4.35. The summed E-state index contributed by atoms with van der Waals surface area (Å²) in [7, 11) is 0. The summed E-state index contributed by atoms with van der Waals surface area (Å²) in [5.74, 6) is 1.42. The van der Waals surface area contributed by atoms with Gasteiger partial charge in [-0.2, -0.15) is 0 Å². The average Bonchev–Trinajstić information content (AvgIpc) is 2.60. The maximum atomic E-state index is 9.37. The number of benzene rings is 2. The van der Waals surface area contributed by atoms with Crippen LogP contribution in [-0.4, -0.2) is 23.9 Å². The molecule has 0 saturated carbocycles. The first-order chi connectivity index (χ1) is 11.9. The van der Waals surface area contributed by atoms with Crippen molar-refractivity contribution in [2.45, 2.75) is 39.5 Å². The number of rotatable bonds is 9. The first-order valence-electron chi connectivity index (χ1n) is 8.43. The molecule has 2 aromatic rings. The van der Waals surface area contributed by atoms with E-state index in [1.165, 1.54) is 0 Å². The molecule has 0 amide bonds. The normalized spacial score (nSPS) is 11.0. The first kappa shape index (κ1) is 22.8. The molecule has 4 nitrogen and oxygen atoms in total. The molecule has 0 bridgehead atoms. The van der Waals surface area contributed by atoms with Gasteiger partial charge < -0.3 is 19.9 Å². The summed E-state index contributed by atoms with van der Waals surface area (Å²) in [6.45, 7) is 7.62. The van der Waals surface area contributed by atoms with Crippen molar-refractivity contribution in [2.24, 2.45) is 0 Å². The fraction of sp³-hybridized carbons (Fsp3) is 0.400. The molecule has 6 heteroatoms. The zero-order valence-electron chi connectivity index (χ0n) is 15.4. The lowest BCUT2D eigenvalue weighted by molar-refractivity contribution is 0.187. The average molecular weight is 445 g/mol. The molecular formula is C20H27BrClNO3. The van der Waals surface area contributed by atoms with Crippen molar-refractivity contribution < 1.29 is 14.6 Å². The van der Waals surface area contributed by atoms with E-state index in [2.05, 4.69) is 21.2 Å². The molecule has 2 aromatic carbocycles. The minimum absolute atomic E-state index is 0. The Morgan fingerprint density at radius 3 is 2.38 bits per heavy atom. The Labute approximate surface area is 170 Å². The van der Waals surface area contributed by atoms with E-state index in [0.29, 0.717) is 31.3 Å². The predicted molar refractivity (Wildman–Crippen MR) is 111 cm³/mol. The van der Waals surface area contributed by atoms with Crippen LogP contribution in [0.15, 0.2) is 46.9 Å². The van der Waals surface area contributed by atoms with E-state index in [4.69, 9.17) is 9.47 Å². The molecule has 144 valence electrons. The van der Waals surface area contributed by atoms with E-state index in [9.17, 15) is 5.11 Å². The molecule has 0 fully saturated rings. The summed E-state index contributed by atoms with van der Waals surface area (Å²) in [5, 5.41) is 12.7. The zero-order chi connectivity index (χ0) is 18.3. The number of aliphatic hydroxyl groups excluding tert-OH is 1. The van der Waals surface area contributed by atoms with Crippen molar-refractivity contribution in [3.63, 3.8) is 0 Å². The Morgan fingerprint density at radius 1 is 1.08 bits per heavy atom. The van der Waals surface area contributed by atoms with Crippen LogP contribution in [0.3, 0.4) is 0 Å². The fourth-order valence-electron chi connectivity index (χ4n) is 2.25. The van der Waals surface area contributed by atoms with Crippen LogP contribution in [0.4, 0.5) is 0 Å². The lowest BCUT2D eigenvalue weighted by Gasteiger charge is -2.24. The molecule has 2 rings (SSSR count). The number of hydrogen-bond acceptors (Lipinski definition) is 4. The Kier molecular flexibility index (Phi) is 9.44. The molecule has 0 unspecified atom stereocenters. The van der Waals surface area contributed by atoms with Gasteiger partial charge in [-0.3, -0.25) is 0 Å². The second kappa shape index (κ2) is 10.8. The summed E-state index contributed by atoms with van der Waals surface area (Å²) >= 11 is 3.60. The summed E-state index contributed by atoms with van der Waals surface area (Å²) in [4.78, 5) is 0. The summed E-state index contributed by atoms with van der Waals surface area (Å²) in [6, 6.07) is 14.0. The second-order valence-corrected chi connectivity index (χ2v) is 7.36. The van der Waals surface area contributed by atoms with Crippen molar-refractivity contribution in [1.29, 1.82) is 0 Å². The minimum Gasteiger partial charge on any atom is -0.490 e. The zero-order valence-corrected chi connectivity index (χ0v) is 17.8. The fourth-order valence-corrected chi connectivity index (χ4v) is 2.86. The second-order valence-electron chi connectivity index (χ2n) is 6.51. The highest BCUT2D eigenvalue weighted by molar-refractivity contribution is 9.10. The first-order valence-corrected chi connectivity index (χ1v) is 9.22. The molecule has 0 spiro atoms. The molecule has 0 aromatic heterocycles. The Hall–Kier alpha value is -1.27. The molecule has 26 heavy (non-hydrogen) atoms. The Bertz CT molecular complexity index is 680. The molecule has 0 heterocycles. The Balaban J connectivity index is 0.00000338. The number of halogens is 2. The van der Waals surface area contributed by atoms with Gasteiger partial charge in [0.2, 0.25) is 0 Å². The number of ether oxygens (including phenoxy) is 2. The molecule has 2 N–H and O–H groups in total. The maximum Gasteiger partial charge on any atom is 0.175 e. The number of nitrogens with one attached hydrogen (secondary N) is 1. The van der Waals surface area contributed by atoms with Crippen LogP contribution in [0.5, 0.6) is 11.5 Å². The topological polar surface area (TPSA) is 50.7 Å². The van der Waals surface area contributed by atoms with Crippen LogP contribution in [0.25, 0.3) is 0 Å². The van der Waals surface area contributed by atoms with Gasteiger partial charge in [-0.25, -0.2) is 0 Å². The lowest BCUT2D eigenvalue weighted by atomic mass is 10.1. The number of hydrogen-bond donors (Lipinski definition) is 2. The van der Waals surface area contributed by atoms with Gasteiger partial charge in [0.25, 0.3) is 0 Å². The van der Waals surface area contributed by atoms with Gasteiger partial charge in [0.05, 0.1) is 17.7 Å². The summed E-state index contributed by atoms with van der Waals surface area (Å²) < 4.78 is 12.6. The SMILES string of the molecule is CCOc1cc(CNC(C)(C)CO)cc(Br)c1OCc1ccccc1.Cl. The van der Waals surface area contributed by atoms with Crippen molar-refractivity contribution in [2.75, 3.05) is 13.2 Å². The molecule has 0 atom stereocenters. The van der Waals surface area contributed by atoms with Crippen LogP contribution in [0.1, 0.15) is 31.9 Å². The molecule has 0 aliphatic rings. The van der Waals surface area contributed by atoms with Crippen molar-refractivity contribution in [3.8, 4) is 11.5 Å². The lowest BCUT2D eigenvalue weighted by Crippen LogP contribution is -2.42. The third kappa shape index (κ3) is 6.80. The molecule has 0 aliphatic carbocycles. The van der Waals surface area contributed by atoms with Crippen LogP contribution in [-0.2, 0) is 13.2 Å². The van der Waals surface area contributed by atoms with Gasteiger partial charge in [-0.15, -0.1) is 12.4 Å². The van der Waals surface area contributed by atoms with Gasteiger partial charge >= 0.3 is 0 Å². The van der Waals surface area contributed by atoms with Gasteiger partial charge in [0, 0.05) is 12.1 Å². The molecular weight excluding hydrogens is 418 g/mol. The molecule has 0 aliphatic heterocycles. The Morgan fingerprint density at radius 2 is 1.77 bits per heavy atom. The van der Waals surface area contributed by atoms with Gasteiger partial charge in [-0.05, 0) is 60.0 Å². The summed E-state index contributed by atoms with van der Waals surface area (Å²) in [5.41, 5.74) is 1.83. The number of aliphatic hydroxyl groups is 1. The van der Waals surface area contributed by atoms with E-state index >= 15 is 0 Å². The monoisotopic (exact) mass is 443 g/mol. The highest BCUT2D eigenvalue weighted by Crippen LogP contribution is 2.37. The quantitative estimate of drug-likeness (QED) is 0.588. The van der Waals surface area contributed by atoms with E-state index in [-0.39, 0.29) is 24.6 Å². The third-order valence-electron chi connectivity index (χ3n) is 3.76. The van der Waals surface area contributed by atoms with Gasteiger partial charge in [-0.1, -0.05) is 30.3 Å². The smallest absolute Gasteiger partial charge is 0.175 e. The minimum atomic E-state index is -0.333.